The third kappa shape index (κ3) is 2.49. The van der Waals surface area contributed by atoms with Gasteiger partial charge in [0.1, 0.15) is 5.75 Å². The highest BCUT2D eigenvalue weighted by Crippen LogP contribution is 2.20. The zero-order valence-corrected chi connectivity index (χ0v) is 12.7. The molecule has 0 saturated carbocycles. The first-order valence-electron chi connectivity index (χ1n) is 6.13. The van der Waals surface area contributed by atoms with Crippen LogP contribution >= 0.6 is 15.9 Å². The molecule has 0 radical (unpaired) electrons. The third-order valence-corrected chi connectivity index (χ3v) is 3.66. The molecule has 7 nitrogen and oxygen atoms in total. The summed E-state index contributed by atoms with van der Waals surface area (Å²) in [6.45, 7) is 0.490. The number of anilines is 1. The van der Waals surface area contributed by atoms with E-state index in [9.17, 15) is 4.79 Å². The second-order valence-electron chi connectivity index (χ2n) is 4.44. The van der Waals surface area contributed by atoms with E-state index in [-0.39, 0.29) is 17.0 Å². The number of hydrogen-bond acceptors (Lipinski definition) is 5. The summed E-state index contributed by atoms with van der Waals surface area (Å²) in [7, 11) is 1.61. The summed E-state index contributed by atoms with van der Waals surface area (Å²) in [5.41, 5.74) is 6.92. The van der Waals surface area contributed by atoms with Crippen molar-refractivity contribution in [2.24, 2.45) is 0 Å². The highest BCUT2D eigenvalue weighted by molar-refractivity contribution is 9.10. The minimum atomic E-state index is -0.359. The summed E-state index contributed by atoms with van der Waals surface area (Å²) >= 11 is 3.35. The Morgan fingerprint density at radius 2 is 2.24 bits per heavy atom. The van der Waals surface area contributed by atoms with Crippen LogP contribution in [0.2, 0.25) is 0 Å². The Labute approximate surface area is 127 Å². The van der Waals surface area contributed by atoms with Gasteiger partial charge in [-0.2, -0.15) is 4.98 Å². The maximum absolute atomic E-state index is 11.8. The van der Waals surface area contributed by atoms with Crippen molar-refractivity contribution in [3.8, 4) is 5.75 Å². The number of imidazole rings is 1. The lowest BCUT2D eigenvalue weighted by atomic mass is 10.2. The fourth-order valence-electron chi connectivity index (χ4n) is 2.09. The first-order chi connectivity index (χ1) is 10.1. The van der Waals surface area contributed by atoms with Crippen LogP contribution in [-0.4, -0.2) is 26.6 Å². The van der Waals surface area contributed by atoms with Crippen LogP contribution < -0.4 is 16.0 Å². The Bertz CT molecular complexity index is 871. The Morgan fingerprint density at radius 1 is 1.43 bits per heavy atom. The number of nitrogens with one attached hydrogen (secondary N) is 1. The molecule has 3 aromatic rings. The minimum absolute atomic E-state index is 0.0618. The van der Waals surface area contributed by atoms with E-state index in [2.05, 4.69) is 30.9 Å². The van der Waals surface area contributed by atoms with Crippen molar-refractivity contribution in [3.05, 3.63) is 44.9 Å². The van der Waals surface area contributed by atoms with Crippen molar-refractivity contribution in [3.63, 3.8) is 0 Å². The molecule has 3 N–H and O–H groups in total. The van der Waals surface area contributed by atoms with Gasteiger partial charge in [-0.05, 0) is 33.6 Å². The number of aromatic nitrogens is 4. The van der Waals surface area contributed by atoms with Crippen LogP contribution in [0.3, 0.4) is 0 Å². The van der Waals surface area contributed by atoms with Crippen LogP contribution in [0.15, 0.2) is 33.8 Å². The standard InChI is InChI=1S/C13H12BrN5O2/c1-21-8-4-2-3-7(5-8)6-19-10-9(16-12(19)14)11(20)18-13(15)17-10/h2-5H,6H2,1H3,(H3,15,17,18,20). The summed E-state index contributed by atoms with van der Waals surface area (Å²) in [6, 6.07) is 7.63. The number of nitrogens with two attached hydrogens (primary N) is 1. The molecule has 0 aliphatic carbocycles. The van der Waals surface area contributed by atoms with Gasteiger partial charge in [-0.3, -0.25) is 14.3 Å². The van der Waals surface area contributed by atoms with Crippen LogP contribution in [0.25, 0.3) is 11.2 Å². The van der Waals surface area contributed by atoms with Crippen molar-refractivity contribution in [2.75, 3.05) is 12.8 Å². The van der Waals surface area contributed by atoms with Gasteiger partial charge in [0.05, 0.1) is 13.7 Å². The number of H-pyrrole nitrogens is 1. The molecule has 0 fully saturated rings. The van der Waals surface area contributed by atoms with E-state index >= 15 is 0 Å². The monoisotopic (exact) mass is 349 g/mol. The van der Waals surface area contributed by atoms with Crippen LogP contribution in [0, 0.1) is 0 Å². The van der Waals surface area contributed by atoms with Crippen molar-refractivity contribution in [1.82, 2.24) is 19.5 Å². The fourth-order valence-corrected chi connectivity index (χ4v) is 2.57. The second-order valence-corrected chi connectivity index (χ2v) is 5.15. The quantitative estimate of drug-likeness (QED) is 0.698. The van der Waals surface area contributed by atoms with Crippen LogP contribution in [-0.2, 0) is 6.54 Å². The Hall–Kier alpha value is -2.35. The van der Waals surface area contributed by atoms with E-state index in [0.717, 1.165) is 11.3 Å². The number of ether oxygens (including phenoxy) is 1. The molecule has 2 heterocycles. The van der Waals surface area contributed by atoms with Gasteiger partial charge in [0.25, 0.3) is 5.56 Å². The van der Waals surface area contributed by atoms with E-state index in [1.54, 1.807) is 11.7 Å². The highest BCUT2D eigenvalue weighted by Gasteiger charge is 2.14. The number of halogens is 1. The van der Waals surface area contributed by atoms with Gasteiger partial charge < -0.3 is 10.5 Å². The summed E-state index contributed by atoms with van der Waals surface area (Å²) < 4.78 is 7.49. The van der Waals surface area contributed by atoms with E-state index in [1.165, 1.54) is 0 Å². The average Bonchev–Trinajstić information content (AvgIpc) is 2.77. The van der Waals surface area contributed by atoms with Crippen LogP contribution in [0.5, 0.6) is 5.75 Å². The van der Waals surface area contributed by atoms with E-state index in [0.29, 0.717) is 16.9 Å². The highest BCUT2D eigenvalue weighted by atomic mass is 79.9. The Balaban J connectivity index is 2.11. The molecular formula is C13H12BrN5O2. The molecule has 108 valence electrons. The molecular weight excluding hydrogens is 338 g/mol. The Kier molecular flexibility index (Phi) is 3.38. The summed E-state index contributed by atoms with van der Waals surface area (Å²) in [5, 5.41) is 0. The first kappa shape index (κ1) is 13.6. The molecule has 2 aromatic heterocycles. The molecule has 3 rings (SSSR count). The lowest BCUT2D eigenvalue weighted by Crippen LogP contribution is -2.12. The van der Waals surface area contributed by atoms with Crippen molar-refractivity contribution in [2.45, 2.75) is 6.54 Å². The summed E-state index contributed by atoms with van der Waals surface area (Å²) in [4.78, 5) is 22.6. The molecule has 0 aliphatic heterocycles. The maximum Gasteiger partial charge on any atom is 0.280 e. The fraction of sp³-hybridized carbons (Fsp3) is 0.154. The second kappa shape index (κ2) is 5.21. The van der Waals surface area contributed by atoms with Crippen LogP contribution in [0.4, 0.5) is 5.95 Å². The lowest BCUT2D eigenvalue weighted by molar-refractivity contribution is 0.414. The summed E-state index contributed by atoms with van der Waals surface area (Å²) in [5.74, 6) is 0.824. The molecule has 0 aliphatic rings. The average molecular weight is 350 g/mol. The zero-order chi connectivity index (χ0) is 15.0. The van der Waals surface area contributed by atoms with Gasteiger partial charge in [0.2, 0.25) is 5.95 Å². The van der Waals surface area contributed by atoms with E-state index < -0.39 is 0 Å². The number of rotatable bonds is 3. The predicted molar refractivity (Wildman–Crippen MR) is 82.4 cm³/mol. The third-order valence-electron chi connectivity index (χ3n) is 3.05. The SMILES string of the molecule is COc1cccc(Cn2c(Br)nc3c(=O)[nH]c(N)nc32)c1. The van der Waals surface area contributed by atoms with E-state index in [1.807, 2.05) is 24.3 Å². The van der Waals surface area contributed by atoms with Gasteiger partial charge >= 0.3 is 0 Å². The molecule has 0 amide bonds. The van der Waals surface area contributed by atoms with Crippen molar-refractivity contribution < 1.29 is 4.74 Å². The molecule has 0 atom stereocenters. The largest absolute Gasteiger partial charge is 0.497 e. The van der Waals surface area contributed by atoms with E-state index in [4.69, 9.17) is 10.5 Å². The predicted octanol–water partition coefficient (Wildman–Crippen LogP) is 1.52. The van der Waals surface area contributed by atoms with Gasteiger partial charge in [-0.15, -0.1) is 0 Å². The van der Waals surface area contributed by atoms with Crippen molar-refractivity contribution in [1.29, 1.82) is 0 Å². The van der Waals surface area contributed by atoms with Gasteiger partial charge in [-0.1, -0.05) is 12.1 Å². The molecule has 1 aromatic carbocycles. The number of hydrogen-bond donors (Lipinski definition) is 2. The molecule has 0 saturated heterocycles. The van der Waals surface area contributed by atoms with Gasteiger partial charge in [-0.25, -0.2) is 4.98 Å². The number of nitrogens with zero attached hydrogens (tertiary/aromatic N) is 3. The first-order valence-corrected chi connectivity index (χ1v) is 6.92. The van der Waals surface area contributed by atoms with Gasteiger partial charge in [0.15, 0.2) is 15.9 Å². The molecule has 0 bridgehead atoms. The number of methoxy groups -OCH3 is 1. The van der Waals surface area contributed by atoms with Crippen LogP contribution in [0.1, 0.15) is 5.56 Å². The minimum Gasteiger partial charge on any atom is -0.497 e. The summed E-state index contributed by atoms with van der Waals surface area (Å²) in [6.07, 6.45) is 0. The number of nitrogen functional groups attached to an aromatic ring is 1. The topological polar surface area (TPSA) is 98.8 Å². The molecule has 21 heavy (non-hydrogen) atoms. The lowest BCUT2D eigenvalue weighted by Gasteiger charge is -2.07. The van der Waals surface area contributed by atoms with Gasteiger partial charge in [0, 0.05) is 0 Å². The number of fused-ring (bicyclic) bond motifs is 1. The Morgan fingerprint density at radius 3 is 3.00 bits per heavy atom. The maximum atomic E-state index is 11.8. The van der Waals surface area contributed by atoms with Crippen molar-refractivity contribution >= 4 is 33.0 Å². The normalized spacial score (nSPS) is 11.0. The smallest absolute Gasteiger partial charge is 0.280 e. The molecule has 0 spiro atoms. The molecule has 0 unspecified atom stereocenters. The number of aromatic amines is 1. The molecule has 8 heteroatoms. The number of benzene rings is 1. The zero-order valence-electron chi connectivity index (χ0n) is 11.1.